The maximum absolute atomic E-state index is 11.7. The summed E-state index contributed by atoms with van der Waals surface area (Å²) in [4.78, 5) is 11.7. The number of carbonyl (C=O) groups is 1. The third-order valence-corrected chi connectivity index (χ3v) is 6.14. The molecule has 0 saturated carbocycles. The van der Waals surface area contributed by atoms with E-state index in [9.17, 15) is 4.79 Å². The molecule has 0 aliphatic rings. The van der Waals surface area contributed by atoms with Crippen LogP contribution in [0.15, 0.2) is 127 Å². The molecule has 0 aromatic heterocycles. The van der Waals surface area contributed by atoms with Gasteiger partial charge in [-0.25, -0.2) is 0 Å². The van der Waals surface area contributed by atoms with Crippen molar-refractivity contribution in [2.24, 2.45) is 0 Å². The molecule has 0 saturated heterocycles. The topological polar surface area (TPSA) is 56.8 Å². The van der Waals surface area contributed by atoms with Crippen molar-refractivity contribution in [3.8, 4) is 34.5 Å². The van der Waals surface area contributed by atoms with Crippen LogP contribution in [0.5, 0.6) is 34.5 Å². The first kappa shape index (κ1) is 26.6. The van der Waals surface area contributed by atoms with E-state index in [0.29, 0.717) is 17.9 Å². The van der Waals surface area contributed by atoms with Crippen LogP contribution in [0.1, 0.15) is 30.9 Å². The van der Waals surface area contributed by atoms with E-state index in [1.54, 1.807) is 0 Å². The van der Waals surface area contributed by atoms with E-state index in [-0.39, 0.29) is 5.91 Å². The van der Waals surface area contributed by atoms with Gasteiger partial charge < -0.3 is 19.5 Å². The number of carbonyl (C=O) groups excluding carboxylic acids is 1. The van der Waals surface area contributed by atoms with Gasteiger partial charge in [0.2, 0.25) is 5.91 Å². The standard InChI is InChI=1S/C35H31NO4/c1-2-6-35(37)36-28-13-19-32(20-14-28)40-34-23-21-33(22-24-34)39-31-17-11-27(12-18-31)25-26-9-15-30(16-10-26)38-29-7-4-3-5-8-29/h3-5,7-24H,2,6,25H2,1H3,(H,36,37). The van der Waals surface area contributed by atoms with E-state index in [4.69, 9.17) is 14.2 Å². The molecule has 0 spiro atoms. The van der Waals surface area contributed by atoms with Gasteiger partial charge in [0.1, 0.15) is 34.5 Å². The summed E-state index contributed by atoms with van der Waals surface area (Å²) in [5.41, 5.74) is 3.16. The van der Waals surface area contributed by atoms with E-state index in [0.717, 1.165) is 41.5 Å². The summed E-state index contributed by atoms with van der Waals surface area (Å²) in [7, 11) is 0. The summed E-state index contributed by atoms with van der Waals surface area (Å²) >= 11 is 0. The van der Waals surface area contributed by atoms with E-state index in [1.165, 1.54) is 11.1 Å². The molecule has 5 aromatic carbocycles. The zero-order valence-electron chi connectivity index (χ0n) is 22.4. The van der Waals surface area contributed by atoms with Crippen molar-refractivity contribution >= 4 is 11.6 Å². The zero-order valence-corrected chi connectivity index (χ0v) is 22.4. The third kappa shape index (κ3) is 7.74. The average Bonchev–Trinajstić information content (AvgIpc) is 2.98. The SMILES string of the molecule is CCCC(=O)Nc1ccc(Oc2ccc(Oc3ccc(Cc4ccc(Oc5ccccc5)cc4)cc3)cc2)cc1. The predicted octanol–water partition coefficient (Wildman–Crippen LogP) is 9.39. The number of hydrogen-bond donors (Lipinski definition) is 1. The van der Waals surface area contributed by atoms with Crippen LogP contribution >= 0.6 is 0 Å². The normalized spacial score (nSPS) is 10.5. The number of ether oxygens (including phenoxy) is 3. The highest BCUT2D eigenvalue weighted by atomic mass is 16.5. The number of nitrogens with one attached hydrogen (secondary N) is 1. The van der Waals surface area contributed by atoms with E-state index < -0.39 is 0 Å². The molecule has 200 valence electrons. The Bertz CT molecular complexity index is 1500. The lowest BCUT2D eigenvalue weighted by Gasteiger charge is -2.10. The van der Waals surface area contributed by atoms with Crippen molar-refractivity contribution < 1.29 is 19.0 Å². The van der Waals surface area contributed by atoms with Gasteiger partial charge in [-0.1, -0.05) is 49.4 Å². The fourth-order valence-electron chi connectivity index (χ4n) is 4.12. The number of amides is 1. The Morgan fingerprint density at radius 2 is 0.900 bits per heavy atom. The van der Waals surface area contributed by atoms with Crippen LogP contribution in [-0.2, 0) is 11.2 Å². The molecule has 0 fully saturated rings. The molecule has 5 aromatic rings. The highest BCUT2D eigenvalue weighted by molar-refractivity contribution is 5.90. The van der Waals surface area contributed by atoms with Gasteiger partial charge in [0.25, 0.3) is 0 Å². The molecule has 1 amide bonds. The fourth-order valence-corrected chi connectivity index (χ4v) is 4.12. The van der Waals surface area contributed by atoms with Crippen molar-refractivity contribution in [1.82, 2.24) is 0 Å². The molecule has 0 aliphatic carbocycles. The Kier molecular flexibility index (Phi) is 8.74. The second-order valence-electron chi connectivity index (χ2n) is 9.38. The Balaban J connectivity index is 1.11. The molecule has 0 radical (unpaired) electrons. The molecule has 0 heterocycles. The van der Waals surface area contributed by atoms with Gasteiger partial charge in [-0.05, 0) is 109 Å². The van der Waals surface area contributed by atoms with Crippen LogP contribution in [0.2, 0.25) is 0 Å². The zero-order chi connectivity index (χ0) is 27.6. The van der Waals surface area contributed by atoms with E-state index in [2.05, 4.69) is 29.6 Å². The monoisotopic (exact) mass is 529 g/mol. The van der Waals surface area contributed by atoms with Crippen molar-refractivity contribution in [3.05, 3.63) is 139 Å². The predicted molar refractivity (Wildman–Crippen MR) is 159 cm³/mol. The second-order valence-corrected chi connectivity index (χ2v) is 9.38. The van der Waals surface area contributed by atoms with E-state index in [1.807, 2.05) is 110 Å². The quantitative estimate of drug-likeness (QED) is 0.185. The minimum Gasteiger partial charge on any atom is -0.457 e. The summed E-state index contributed by atoms with van der Waals surface area (Å²) < 4.78 is 17.8. The van der Waals surface area contributed by atoms with Crippen LogP contribution < -0.4 is 19.5 Å². The van der Waals surface area contributed by atoms with Crippen molar-refractivity contribution in [2.45, 2.75) is 26.2 Å². The second kappa shape index (κ2) is 13.2. The van der Waals surface area contributed by atoms with Gasteiger partial charge in [0.15, 0.2) is 0 Å². The Morgan fingerprint density at radius 1 is 0.525 bits per heavy atom. The van der Waals surface area contributed by atoms with E-state index >= 15 is 0 Å². The third-order valence-electron chi connectivity index (χ3n) is 6.14. The van der Waals surface area contributed by atoms with Crippen LogP contribution in [0.3, 0.4) is 0 Å². The van der Waals surface area contributed by atoms with Gasteiger partial charge in [-0.15, -0.1) is 0 Å². The highest BCUT2D eigenvalue weighted by Crippen LogP contribution is 2.28. The molecule has 0 unspecified atom stereocenters. The summed E-state index contributed by atoms with van der Waals surface area (Å²) in [5.74, 6) is 4.55. The van der Waals surface area contributed by atoms with Gasteiger partial charge in [-0.2, -0.15) is 0 Å². The van der Waals surface area contributed by atoms with Crippen molar-refractivity contribution in [2.75, 3.05) is 5.32 Å². The lowest BCUT2D eigenvalue weighted by atomic mass is 10.0. The summed E-state index contributed by atoms with van der Waals surface area (Å²) in [6.07, 6.45) is 2.15. The number of hydrogen-bond acceptors (Lipinski definition) is 4. The van der Waals surface area contributed by atoms with Gasteiger partial charge in [0, 0.05) is 12.1 Å². The van der Waals surface area contributed by atoms with Gasteiger partial charge >= 0.3 is 0 Å². The first-order valence-corrected chi connectivity index (χ1v) is 13.4. The van der Waals surface area contributed by atoms with Crippen LogP contribution in [-0.4, -0.2) is 5.91 Å². The van der Waals surface area contributed by atoms with Crippen molar-refractivity contribution in [3.63, 3.8) is 0 Å². The summed E-state index contributed by atoms with van der Waals surface area (Å²) in [6.45, 7) is 1.98. The molecule has 0 aliphatic heterocycles. The molecule has 5 rings (SSSR count). The number of benzene rings is 5. The Morgan fingerprint density at radius 3 is 1.32 bits per heavy atom. The van der Waals surface area contributed by atoms with Gasteiger partial charge in [-0.3, -0.25) is 4.79 Å². The highest BCUT2D eigenvalue weighted by Gasteiger charge is 2.05. The first-order valence-electron chi connectivity index (χ1n) is 13.4. The number of anilines is 1. The lowest BCUT2D eigenvalue weighted by molar-refractivity contribution is -0.116. The lowest BCUT2D eigenvalue weighted by Crippen LogP contribution is -2.10. The van der Waals surface area contributed by atoms with Gasteiger partial charge in [0.05, 0.1) is 0 Å². The first-order chi connectivity index (χ1) is 19.6. The molecule has 0 atom stereocenters. The van der Waals surface area contributed by atoms with Crippen LogP contribution in [0, 0.1) is 0 Å². The Hall–Kier alpha value is -5.03. The molecular weight excluding hydrogens is 498 g/mol. The molecule has 5 nitrogen and oxygen atoms in total. The smallest absolute Gasteiger partial charge is 0.224 e. The maximum Gasteiger partial charge on any atom is 0.224 e. The molecule has 0 bridgehead atoms. The summed E-state index contributed by atoms with van der Waals surface area (Å²) in [6, 6.07) is 40.9. The average molecular weight is 530 g/mol. The largest absolute Gasteiger partial charge is 0.457 e. The van der Waals surface area contributed by atoms with Crippen LogP contribution in [0.4, 0.5) is 5.69 Å². The molecule has 1 N–H and O–H groups in total. The maximum atomic E-state index is 11.7. The molecule has 40 heavy (non-hydrogen) atoms. The molecular formula is C35H31NO4. The van der Waals surface area contributed by atoms with Crippen molar-refractivity contribution in [1.29, 1.82) is 0 Å². The fraction of sp³-hybridized carbons (Fsp3) is 0.114. The minimum atomic E-state index is 0.0152. The number of para-hydroxylation sites is 1. The molecule has 5 heteroatoms. The van der Waals surface area contributed by atoms with Crippen LogP contribution in [0.25, 0.3) is 0 Å². The number of rotatable bonds is 11. The summed E-state index contributed by atoms with van der Waals surface area (Å²) in [5, 5.41) is 2.87. The minimum absolute atomic E-state index is 0.0152. The Labute approximate surface area is 235 Å².